The fourth-order valence-electron chi connectivity index (χ4n) is 13.0. The Kier molecular flexibility index (Phi) is 13.7. The maximum absolute atomic E-state index is 5.61. The third kappa shape index (κ3) is 10.1. The van der Waals surface area contributed by atoms with Crippen molar-refractivity contribution in [1.29, 1.82) is 0 Å². The van der Waals surface area contributed by atoms with Crippen LogP contribution in [0.15, 0.2) is 303 Å². The van der Waals surface area contributed by atoms with Crippen LogP contribution in [0.1, 0.15) is 11.1 Å². The molecular weight excluding hydrogens is 1150 g/mol. The van der Waals surface area contributed by atoms with E-state index in [1.54, 1.807) is 0 Å². The molecule has 0 unspecified atom stereocenters. The summed E-state index contributed by atoms with van der Waals surface area (Å²) >= 11 is 0. The Morgan fingerprint density at radius 3 is 0.904 bits per heavy atom. The van der Waals surface area contributed by atoms with Gasteiger partial charge in [-0.1, -0.05) is 230 Å². The molecule has 0 fully saturated rings. The minimum absolute atomic E-state index is 0.458. The Bertz CT molecular complexity index is 5420. The molecule has 0 aliphatic carbocycles. The van der Waals surface area contributed by atoms with Gasteiger partial charge in [0.15, 0.2) is 34.9 Å². The summed E-state index contributed by atoms with van der Waals surface area (Å²) < 4.78 is 4.83. The first-order valence-corrected chi connectivity index (χ1v) is 31.5. The van der Waals surface area contributed by atoms with Gasteiger partial charge in [-0.3, -0.25) is 0 Å². The van der Waals surface area contributed by atoms with Crippen LogP contribution in [0.5, 0.6) is 0 Å². The molecule has 10 nitrogen and oxygen atoms in total. The minimum Gasteiger partial charge on any atom is -0.307 e. The van der Waals surface area contributed by atoms with Gasteiger partial charge in [0.2, 0.25) is 0 Å². The molecule has 11 aromatic carbocycles. The molecule has 0 saturated heterocycles. The summed E-state index contributed by atoms with van der Waals surface area (Å²) in [7, 11) is 0. The Labute approximate surface area is 542 Å². The molecule has 94 heavy (non-hydrogen) atoms. The Hall–Kier alpha value is -12.7. The highest BCUT2D eigenvalue weighted by Crippen LogP contribution is 2.46. The number of nitrogens with zero attached hydrogens (tertiary/aromatic N) is 10. The molecule has 0 radical (unpaired) electrons. The monoisotopic (exact) mass is 1200 g/mol. The van der Waals surface area contributed by atoms with Crippen LogP contribution in [0, 0.1) is 13.8 Å². The second-order valence-corrected chi connectivity index (χ2v) is 23.7. The topological polar surface area (TPSA) is 113 Å². The second kappa shape index (κ2) is 23.3. The lowest BCUT2D eigenvalue weighted by Gasteiger charge is -2.22. The predicted molar refractivity (Wildman–Crippen MR) is 381 cm³/mol. The largest absolute Gasteiger partial charge is 0.307 e. The van der Waals surface area contributed by atoms with E-state index in [0.717, 1.165) is 139 Å². The predicted octanol–water partition coefficient (Wildman–Crippen LogP) is 20.3. The Morgan fingerprint density at radius 2 is 0.521 bits per heavy atom. The van der Waals surface area contributed by atoms with E-state index in [-0.39, 0.29) is 0 Å². The molecule has 0 bridgehead atoms. The second-order valence-electron chi connectivity index (χ2n) is 23.7. The molecule has 10 heteroatoms. The van der Waals surface area contributed by atoms with E-state index >= 15 is 0 Å². The smallest absolute Gasteiger partial charge is 0.166 e. The van der Waals surface area contributed by atoms with E-state index in [1.165, 1.54) is 0 Å². The Morgan fingerprint density at radius 1 is 0.213 bits per heavy atom. The zero-order valence-corrected chi connectivity index (χ0v) is 51.3. The SMILES string of the molecule is Cc1ccc2c(c1)c1cc(C)ccc1n2-c1c(-c2nc(-c3ccccc3)nc(-c3ccccc3)n2)cc(-c2nc(-c3ccccc3)nc(-c3ccccc3)n2)cc1-n1c2ccc(-c3cccc(-c4ccccc4)n3)cc2c2cc(-c3cccc(-c4ccccc4)n3)ccc21. The summed E-state index contributed by atoms with van der Waals surface area (Å²) in [6.07, 6.45) is 0. The number of pyridine rings is 2. The van der Waals surface area contributed by atoms with E-state index in [4.69, 9.17) is 39.9 Å². The summed E-state index contributed by atoms with van der Waals surface area (Å²) in [4.78, 5) is 43.3. The van der Waals surface area contributed by atoms with Gasteiger partial charge in [0.25, 0.3) is 0 Å². The van der Waals surface area contributed by atoms with Gasteiger partial charge in [-0.2, -0.15) is 0 Å². The van der Waals surface area contributed by atoms with Crippen LogP contribution >= 0.6 is 0 Å². The number of aryl methyl sites for hydroxylation is 2. The summed E-state index contributed by atoms with van der Waals surface area (Å²) in [5.74, 6) is 3.06. The summed E-state index contributed by atoms with van der Waals surface area (Å²) in [6.45, 7) is 4.32. The molecule has 17 rings (SSSR count). The van der Waals surface area contributed by atoms with Crippen molar-refractivity contribution in [3.8, 4) is 125 Å². The van der Waals surface area contributed by atoms with E-state index in [9.17, 15) is 0 Å². The van der Waals surface area contributed by atoms with Crippen molar-refractivity contribution in [3.05, 3.63) is 314 Å². The van der Waals surface area contributed by atoms with Gasteiger partial charge in [-0.05, 0) is 98.8 Å². The van der Waals surface area contributed by atoms with Crippen molar-refractivity contribution in [3.63, 3.8) is 0 Å². The van der Waals surface area contributed by atoms with E-state index in [2.05, 4.69) is 217 Å². The number of aromatic nitrogens is 10. The zero-order chi connectivity index (χ0) is 62.6. The van der Waals surface area contributed by atoms with Gasteiger partial charge in [0.05, 0.1) is 56.2 Å². The lowest BCUT2D eigenvalue weighted by Crippen LogP contribution is -2.09. The first-order chi connectivity index (χ1) is 46.4. The standard InChI is InChI=1S/C84H56N10/c1-53-39-43-75-64(47-53)65-48-54(2)40-44-76(65)94(75)78-68(84-91-81(59-31-17-7-18-32-59)88-82(92-84)60-33-19-8-20-34-60)51-63(83-89-79(57-27-13-5-14-28-57)87-80(90-83)58-29-15-6-16-30-58)52-77(78)93-73-45-41-61(71-37-21-35-69(85-71)55-23-9-3-10-24-55)49-66(73)67-50-62(42-46-74(67)93)72-38-22-36-70(86-72)56-25-11-4-12-26-56/h3-52H,1-2H3. The van der Waals surface area contributed by atoms with Crippen molar-refractivity contribution in [2.75, 3.05) is 0 Å². The van der Waals surface area contributed by atoms with Crippen molar-refractivity contribution in [1.82, 2.24) is 49.0 Å². The zero-order valence-electron chi connectivity index (χ0n) is 51.3. The molecule has 0 amide bonds. The average molecular weight is 1210 g/mol. The number of benzene rings is 11. The molecule has 6 aromatic heterocycles. The fourth-order valence-corrected chi connectivity index (χ4v) is 13.0. The molecule has 0 atom stereocenters. The molecule has 0 aliphatic rings. The molecule has 6 heterocycles. The van der Waals surface area contributed by atoms with Crippen LogP contribution in [0.2, 0.25) is 0 Å². The third-order valence-corrected chi connectivity index (χ3v) is 17.5. The lowest BCUT2D eigenvalue weighted by molar-refractivity contribution is 1.04. The summed E-state index contributed by atoms with van der Waals surface area (Å²) in [6, 6.07) is 105. The third-order valence-electron chi connectivity index (χ3n) is 17.5. The van der Waals surface area contributed by atoms with Gasteiger partial charge >= 0.3 is 0 Å². The van der Waals surface area contributed by atoms with Crippen molar-refractivity contribution in [2.45, 2.75) is 13.8 Å². The highest BCUT2D eigenvalue weighted by molar-refractivity contribution is 6.14. The Balaban J connectivity index is 1.03. The van der Waals surface area contributed by atoms with E-state index < -0.39 is 0 Å². The first kappa shape index (κ1) is 55.4. The lowest BCUT2D eigenvalue weighted by atomic mass is 10.0. The maximum atomic E-state index is 5.61. The summed E-state index contributed by atoms with van der Waals surface area (Å²) in [5.41, 5.74) is 20.3. The van der Waals surface area contributed by atoms with Crippen LogP contribution in [0.25, 0.3) is 168 Å². The summed E-state index contributed by atoms with van der Waals surface area (Å²) in [5, 5.41) is 4.27. The van der Waals surface area contributed by atoms with Crippen molar-refractivity contribution >= 4 is 43.6 Å². The highest BCUT2D eigenvalue weighted by atomic mass is 15.1. The van der Waals surface area contributed by atoms with Crippen LogP contribution in [0.4, 0.5) is 0 Å². The molecule has 442 valence electrons. The molecule has 17 aromatic rings. The quantitative estimate of drug-likeness (QED) is 0.119. The number of hydrogen-bond acceptors (Lipinski definition) is 8. The fraction of sp³-hybridized carbons (Fsp3) is 0.0238. The van der Waals surface area contributed by atoms with Crippen molar-refractivity contribution < 1.29 is 0 Å². The normalized spacial score (nSPS) is 11.5. The molecule has 0 saturated carbocycles. The van der Waals surface area contributed by atoms with Gasteiger partial charge in [0, 0.05) is 77.2 Å². The van der Waals surface area contributed by atoms with E-state index in [0.29, 0.717) is 40.5 Å². The molecule has 0 spiro atoms. The molecule has 0 aliphatic heterocycles. The molecular formula is C84H56N10. The number of fused-ring (bicyclic) bond motifs is 6. The van der Waals surface area contributed by atoms with Crippen LogP contribution < -0.4 is 0 Å². The first-order valence-electron chi connectivity index (χ1n) is 31.5. The number of hydrogen-bond donors (Lipinski definition) is 0. The van der Waals surface area contributed by atoms with Crippen LogP contribution in [-0.4, -0.2) is 49.0 Å². The molecule has 0 N–H and O–H groups in total. The van der Waals surface area contributed by atoms with Crippen LogP contribution in [0.3, 0.4) is 0 Å². The minimum atomic E-state index is 0.458. The highest BCUT2D eigenvalue weighted by Gasteiger charge is 2.28. The van der Waals surface area contributed by atoms with Gasteiger partial charge in [-0.15, -0.1) is 0 Å². The van der Waals surface area contributed by atoms with E-state index in [1.807, 2.05) is 109 Å². The van der Waals surface area contributed by atoms with Gasteiger partial charge < -0.3 is 9.13 Å². The average Bonchev–Trinajstić information content (AvgIpc) is 1.52. The van der Waals surface area contributed by atoms with Gasteiger partial charge in [0.1, 0.15) is 0 Å². The number of rotatable bonds is 12. The van der Waals surface area contributed by atoms with Crippen LogP contribution in [-0.2, 0) is 0 Å². The van der Waals surface area contributed by atoms with Gasteiger partial charge in [-0.25, -0.2) is 39.9 Å². The maximum Gasteiger partial charge on any atom is 0.166 e. The van der Waals surface area contributed by atoms with Crippen molar-refractivity contribution in [2.24, 2.45) is 0 Å².